The van der Waals surface area contributed by atoms with Crippen molar-refractivity contribution in [2.24, 2.45) is 0 Å². The van der Waals surface area contributed by atoms with Gasteiger partial charge in [0, 0.05) is 101 Å². The van der Waals surface area contributed by atoms with E-state index in [1.807, 2.05) is 0 Å². The van der Waals surface area contributed by atoms with Crippen molar-refractivity contribution >= 4 is 110 Å². The van der Waals surface area contributed by atoms with Crippen molar-refractivity contribution in [2.75, 3.05) is 247 Å². The third-order valence-corrected chi connectivity index (χ3v) is 32.0. The van der Waals surface area contributed by atoms with Crippen LogP contribution in [0, 0.1) is 0 Å². The molecule has 0 atom stereocenters. The minimum absolute atomic E-state index is 0.0694. The number of hydrogen-bond acceptors (Lipinski definition) is 36. The Bertz CT molecular complexity index is 5170. The lowest BCUT2D eigenvalue weighted by molar-refractivity contribution is -0.0887. The normalized spacial score (nSPS) is 23.6. The second-order valence-electron chi connectivity index (χ2n) is 37.0. The molecule has 13 aliphatic heterocycles. The predicted molar refractivity (Wildman–Crippen MR) is 510 cm³/mol. The number of urea groups is 8. The van der Waals surface area contributed by atoms with Crippen molar-refractivity contribution in [3.63, 3.8) is 0 Å². The molecule has 0 saturated carbocycles. The first-order valence-corrected chi connectivity index (χ1v) is 54.1. The van der Waals surface area contributed by atoms with Crippen LogP contribution >= 0.6 is 0 Å². The smallest absolute Gasteiger partial charge is 0.326 e. The predicted octanol–water partition coefficient (Wildman–Crippen LogP) is -4.74. The van der Waals surface area contributed by atoms with Crippen LogP contribution in [-0.4, -0.2) is 554 Å². The second kappa shape index (κ2) is 46.5. The van der Waals surface area contributed by atoms with Crippen LogP contribution in [0.3, 0.4) is 0 Å². The molecule has 4 aromatic rings. The molecule has 0 spiro atoms. The molecule has 11 fully saturated rings. The van der Waals surface area contributed by atoms with E-state index in [4.69, 9.17) is 80.2 Å². The van der Waals surface area contributed by atoms with E-state index >= 15 is 38.4 Å². The highest BCUT2D eigenvalue weighted by Crippen LogP contribution is 2.60. The fourth-order valence-corrected chi connectivity index (χ4v) is 23.5. The highest BCUT2D eigenvalue weighted by atomic mass is 32.2. The summed E-state index contributed by atoms with van der Waals surface area (Å²) in [6.45, 7) is 7.98. The van der Waals surface area contributed by atoms with Gasteiger partial charge in [0.2, 0.25) is 0 Å². The third kappa shape index (κ3) is 21.9. The van der Waals surface area contributed by atoms with Crippen LogP contribution in [0.2, 0.25) is 0 Å². The van der Waals surface area contributed by atoms with Gasteiger partial charge in [-0.25, -0.2) is 38.4 Å². The highest BCUT2D eigenvalue weighted by molar-refractivity contribution is 7.86. The van der Waals surface area contributed by atoms with Crippen molar-refractivity contribution in [3.8, 4) is 23.0 Å². The van der Waals surface area contributed by atoms with E-state index in [9.17, 15) is 51.9 Å². The van der Waals surface area contributed by atoms with E-state index in [2.05, 4.69) is 0 Å². The Hall–Kier alpha value is -10.2. The number of benzene rings is 4. The molecule has 13 heterocycles. The van der Waals surface area contributed by atoms with Crippen molar-refractivity contribution < 1.29 is 170 Å². The number of nitrogens with zero attached hydrogens (tertiary/aromatic N) is 20. The molecular weight excluding hydrogens is 2020 g/mol. The average molecular weight is 2150 g/mol. The van der Waals surface area contributed by atoms with Crippen molar-refractivity contribution in [2.45, 2.75) is 127 Å². The lowest BCUT2D eigenvalue weighted by Crippen LogP contribution is -2.69. The fourth-order valence-electron chi connectivity index (χ4n) is 21.6. The molecule has 60 heteroatoms. The number of aliphatic hydroxyl groups excluding tert-OH is 12. The maximum Gasteiger partial charge on any atom is 0.326 e. The van der Waals surface area contributed by atoms with Crippen LogP contribution in [0.15, 0.2) is 48.5 Å². The number of rotatable bonds is 44. The first-order valence-electron chi connectivity index (χ1n) is 47.6. The van der Waals surface area contributed by atoms with Gasteiger partial charge in [0.15, 0.2) is 47.3 Å². The topological polar surface area (TPSA) is 699 Å². The Morgan fingerprint density at radius 3 is 0.589 bits per heavy atom. The molecule has 816 valence electrons. The molecular formula is C86H132N20O36S4. The first kappa shape index (κ1) is 113. The molecule has 13 aliphatic rings. The molecule has 0 radical (unpaired) electrons. The summed E-state index contributed by atoms with van der Waals surface area (Å²) < 4.78 is 158. The van der Waals surface area contributed by atoms with Crippen LogP contribution < -0.4 is 18.9 Å². The quantitative estimate of drug-likeness (QED) is 0.0146. The van der Waals surface area contributed by atoms with Gasteiger partial charge >= 0.3 is 48.2 Å². The Labute approximate surface area is 842 Å². The molecule has 0 unspecified atom stereocenters. The molecule has 16 N–H and O–H groups in total. The molecule has 11 saturated heterocycles. The van der Waals surface area contributed by atoms with E-state index in [1.165, 1.54) is 78.4 Å². The monoisotopic (exact) mass is 2150 g/mol. The van der Waals surface area contributed by atoms with Crippen LogP contribution in [0.4, 0.5) is 38.4 Å². The fraction of sp³-hybridized carbons (Fsp3) is 0.674. The van der Waals surface area contributed by atoms with Gasteiger partial charge in [-0.05, 0) is 99.2 Å². The van der Waals surface area contributed by atoms with Gasteiger partial charge in [0.25, 0.3) is 40.5 Å². The van der Waals surface area contributed by atoms with Crippen molar-refractivity contribution in [1.29, 1.82) is 0 Å². The maximum absolute atomic E-state index is 15.9. The summed E-state index contributed by atoms with van der Waals surface area (Å²) in [5.74, 6) is -1.80. The minimum atomic E-state index is -4.40. The molecule has 16 amide bonds. The van der Waals surface area contributed by atoms with E-state index in [-0.39, 0.29) is 181 Å². The summed E-state index contributed by atoms with van der Waals surface area (Å²) in [6.07, 6.45) is -5.86. The average Bonchev–Trinajstić information content (AvgIpc) is 1.49. The number of aliphatic hydroxyl groups is 12. The minimum Gasteiger partial charge on any atom is -0.493 e. The molecule has 0 aromatic heterocycles. The van der Waals surface area contributed by atoms with E-state index < -0.39 is 199 Å². The van der Waals surface area contributed by atoms with E-state index in [1.54, 1.807) is 95.8 Å². The maximum atomic E-state index is 15.9. The Kier molecular flexibility index (Phi) is 35.9. The zero-order valence-corrected chi connectivity index (χ0v) is 84.6. The van der Waals surface area contributed by atoms with E-state index in [0.29, 0.717) is 122 Å². The van der Waals surface area contributed by atoms with Gasteiger partial charge < -0.3 is 80.2 Å². The zero-order valence-electron chi connectivity index (χ0n) is 81.4. The van der Waals surface area contributed by atoms with Crippen LogP contribution in [0.5, 0.6) is 23.0 Å². The van der Waals surface area contributed by atoms with Gasteiger partial charge in [-0.1, -0.05) is 24.3 Å². The molecule has 0 bridgehead atoms. The van der Waals surface area contributed by atoms with Gasteiger partial charge in [0.05, 0.1) is 155 Å². The standard InChI is InChI=1S/C62H72N16O24S4.4C6H15NO3/c1-59-61(3)75-31-67-49-47-63(51(67)79)29-65-48-50-69(53(65)81)33-77-57(85)73-27-39-43(101-19-7-23-105(93,94)95)15-11-36-12-16-44(102-20-8-24-106(96,97)98)40(46(36)39)28-74-58(86)78(62(77,4)60(73,74)2)34-70(50)54(82)66(48)30-64(47)52(80)68(49)32-76(61)56(84)72(59)26-38-42(100-18-6-22-104(90,91)92)14-10-35-9-13-41(99-17-5-21-103(87,88)89)37(45(35)38)25-71(59)55(75)83;4*8-4-1-7(2-5-9)3-6-10/h9-16,47-50H,5-8,17-34H2,1-4H3,(H,87,88,89)(H,90,91,92)(H,93,94,95)(H,96,97,98);4*8-10H,1-6H2. The van der Waals surface area contributed by atoms with Crippen molar-refractivity contribution in [1.82, 2.24) is 98.0 Å². The van der Waals surface area contributed by atoms with Gasteiger partial charge in [-0.2, -0.15) is 33.7 Å². The first-order chi connectivity index (χ1) is 69.3. The Morgan fingerprint density at radius 1 is 0.260 bits per heavy atom. The number of amides is 16. The summed E-state index contributed by atoms with van der Waals surface area (Å²) in [4.78, 5) is 156. The van der Waals surface area contributed by atoms with E-state index in [0.717, 1.165) is 0 Å². The molecule has 17 rings (SSSR count). The third-order valence-electron chi connectivity index (χ3n) is 28.8. The van der Waals surface area contributed by atoms with Crippen LogP contribution in [0.25, 0.3) is 21.5 Å². The highest BCUT2D eigenvalue weighted by Gasteiger charge is 2.80. The van der Waals surface area contributed by atoms with Gasteiger partial charge in [-0.3, -0.25) is 116 Å². The summed E-state index contributed by atoms with van der Waals surface area (Å²) in [7, 11) is -17.6. The van der Waals surface area contributed by atoms with Crippen LogP contribution in [0.1, 0.15) is 75.6 Å². The van der Waals surface area contributed by atoms with Gasteiger partial charge in [0.1, 0.15) is 63.0 Å². The number of carbonyl (C=O) groups is 8. The largest absolute Gasteiger partial charge is 0.493 e. The summed E-state index contributed by atoms with van der Waals surface area (Å²) in [5.41, 5.74) is -5.49. The molecule has 0 aliphatic carbocycles. The summed E-state index contributed by atoms with van der Waals surface area (Å²) in [6, 6.07) is 7.49. The second-order valence-corrected chi connectivity index (χ2v) is 43.3. The molecule has 4 aromatic carbocycles. The Morgan fingerprint density at radius 2 is 0.425 bits per heavy atom. The summed E-state index contributed by atoms with van der Waals surface area (Å²) in [5, 5.41) is 104. The number of carbonyl (C=O) groups excluding carboxylic acids is 8. The number of hydrogen-bond donors (Lipinski definition) is 16. The lowest BCUT2D eigenvalue weighted by atomic mass is 9.90. The van der Waals surface area contributed by atoms with Crippen LogP contribution in [-0.2, 0) is 66.7 Å². The lowest BCUT2D eigenvalue weighted by Gasteiger charge is -2.49. The van der Waals surface area contributed by atoms with Crippen molar-refractivity contribution in [3.05, 3.63) is 70.8 Å². The SMILES string of the molecule is CC12N3Cc4c(OCCCS(=O)(=O)O)ccc5ccc(OCCCS(=O)(=O)O)c(c45)CN1C(=O)N1CN4C(=O)N5CN6C(=O)N7CN8C(=O)N9Cc%10c(OCCCS(=O)(=O)O)ccc%11ccc(OCCCS(=O)(=O)O)c(c%10%11)CN%10C(=O)N(CN%11C(=O)N(CN%12C(=O)N(CN(C3=O)C12C)C4C%125)C6C%117)C8(C)C%109C.OCCN(CCO)CCO.OCCN(CCO)CCO.OCCN(CCO)CCO.OCCN(CCO)CCO. The summed E-state index contributed by atoms with van der Waals surface area (Å²) >= 11 is 0. The zero-order chi connectivity index (χ0) is 106. The van der Waals surface area contributed by atoms with Gasteiger partial charge in [-0.15, -0.1) is 0 Å². The number of ether oxygens (including phenoxy) is 4. The molecule has 56 nitrogen and oxygen atoms in total. The molecule has 146 heavy (non-hydrogen) atoms. The Balaban J connectivity index is 0.000000374.